The zero-order chi connectivity index (χ0) is 13.4. The maximum absolute atomic E-state index is 3.74. The lowest BCUT2D eigenvalue weighted by molar-refractivity contribution is 0.184. The molecular weight excluding hydrogens is 218 g/mol. The minimum atomic E-state index is 0.808. The van der Waals surface area contributed by atoms with Gasteiger partial charge in [0, 0.05) is 6.04 Å². The Morgan fingerprint density at radius 1 is 1.00 bits per heavy atom. The molecule has 1 fully saturated rings. The van der Waals surface area contributed by atoms with E-state index in [4.69, 9.17) is 0 Å². The first-order chi connectivity index (χ1) is 8.69. The lowest BCUT2D eigenvalue weighted by Crippen LogP contribution is -2.38. The minimum Gasteiger partial charge on any atom is -0.314 e. The highest BCUT2D eigenvalue weighted by Crippen LogP contribution is 2.33. The van der Waals surface area contributed by atoms with E-state index in [-0.39, 0.29) is 0 Å². The molecule has 0 aromatic carbocycles. The van der Waals surface area contributed by atoms with Gasteiger partial charge in [-0.25, -0.2) is 0 Å². The summed E-state index contributed by atoms with van der Waals surface area (Å²) in [7, 11) is 0. The molecule has 108 valence electrons. The lowest BCUT2D eigenvalue weighted by Gasteiger charge is -2.34. The van der Waals surface area contributed by atoms with E-state index in [1.165, 1.54) is 57.9 Å². The van der Waals surface area contributed by atoms with Crippen LogP contribution in [0.25, 0.3) is 0 Å². The molecule has 1 N–H and O–H groups in total. The number of rotatable bonds is 8. The van der Waals surface area contributed by atoms with E-state index in [0.717, 1.165) is 23.8 Å². The van der Waals surface area contributed by atoms with Gasteiger partial charge in [0.15, 0.2) is 0 Å². The monoisotopic (exact) mass is 253 g/mol. The molecule has 1 aliphatic heterocycles. The van der Waals surface area contributed by atoms with E-state index < -0.39 is 0 Å². The maximum Gasteiger partial charge on any atom is 0.00699 e. The van der Waals surface area contributed by atoms with Crippen molar-refractivity contribution in [2.45, 2.75) is 85.1 Å². The molecule has 1 nitrogen and oxygen atoms in total. The molecule has 0 aliphatic carbocycles. The molecule has 3 atom stereocenters. The van der Waals surface area contributed by atoms with Gasteiger partial charge < -0.3 is 5.32 Å². The summed E-state index contributed by atoms with van der Waals surface area (Å²) in [6, 6.07) is 0.808. The summed E-state index contributed by atoms with van der Waals surface area (Å²) in [4.78, 5) is 0. The second kappa shape index (κ2) is 8.96. The van der Waals surface area contributed by atoms with Crippen LogP contribution in [0.3, 0.4) is 0 Å². The Hall–Kier alpha value is -0.0400. The van der Waals surface area contributed by atoms with Gasteiger partial charge in [-0.3, -0.25) is 0 Å². The van der Waals surface area contributed by atoms with E-state index >= 15 is 0 Å². The van der Waals surface area contributed by atoms with Gasteiger partial charge >= 0.3 is 0 Å². The molecule has 0 aromatic heterocycles. The first kappa shape index (κ1) is 16.0. The third-order valence-electron chi connectivity index (χ3n) is 4.92. The van der Waals surface area contributed by atoms with E-state index in [0.29, 0.717) is 0 Å². The van der Waals surface area contributed by atoms with Gasteiger partial charge in [0.05, 0.1) is 0 Å². The summed E-state index contributed by atoms with van der Waals surface area (Å²) in [5.41, 5.74) is 0. The number of hydrogen-bond donors (Lipinski definition) is 1. The fourth-order valence-corrected chi connectivity index (χ4v) is 3.82. The molecule has 1 rings (SSSR count). The van der Waals surface area contributed by atoms with Crippen molar-refractivity contribution in [2.24, 2.45) is 17.8 Å². The third-order valence-corrected chi connectivity index (χ3v) is 4.92. The Balaban J connectivity index is 2.51. The predicted octanol–water partition coefficient (Wildman–Crippen LogP) is 5.01. The van der Waals surface area contributed by atoms with Crippen LogP contribution >= 0.6 is 0 Å². The van der Waals surface area contributed by atoms with Crippen molar-refractivity contribution in [3.05, 3.63) is 0 Å². The molecule has 1 heteroatoms. The third kappa shape index (κ3) is 5.30. The smallest absolute Gasteiger partial charge is 0.00699 e. The molecule has 1 heterocycles. The van der Waals surface area contributed by atoms with E-state index in [1.54, 1.807) is 0 Å². The summed E-state index contributed by atoms with van der Waals surface area (Å²) in [6.45, 7) is 10.9. The molecule has 0 radical (unpaired) electrons. The molecule has 0 aromatic rings. The van der Waals surface area contributed by atoms with Gasteiger partial charge in [-0.15, -0.1) is 0 Å². The summed E-state index contributed by atoms with van der Waals surface area (Å²) in [5, 5.41) is 3.74. The van der Waals surface area contributed by atoms with Crippen LogP contribution < -0.4 is 5.32 Å². The Morgan fingerprint density at radius 3 is 2.06 bits per heavy atom. The fourth-order valence-electron chi connectivity index (χ4n) is 3.82. The lowest BCUT2D eigenvalue weighted by atomic mass is 9.75. The van der Waals surface area contributed by atoms with Crippen LogP contribution in [0.2, 0.25) is 0 Å². The SMILES string of the molecule is CCCC(C)C(CC1CCCCN1)C(C)CCC. The first-order valence-electron chi connectivity index (χ1n) is 8.42. The van der Waals surface area contributed by atoms with E-state index in [9.17, 15) is 0 Å². The molecule has 1 saturated heterocycles. The van der Waals surface area contributed by atoms with Crippen LogP contribution in [-0.4, -0.2) is 12.6 Å². The molecule has 0 spiro atoms. The average molecular weight is 253 g/mol. The quantitative estimate of drug-likeness (QED) is 0.641. The second-order valence-electron chi connectivity index (χ2n) is 6.58. The summed E-state index contributed by atoms with van der Waals surface area (Å²) in [6.07, 6.45) is 11.2. The molecule has 0 bridgehead atoms. The summed E-state index contributed by atoms with van der Waals surface area (Å²) < 4.78 is 0. The van der Waals surface area contributed by atoms with Crippen molar-refractivity contribution in [3.8, 4) is 0 Å². The van der Waals surface area contributed by atoms with Crippen molar-refractivity contribution in [2.75, 3.05) is 6.54 Å². The Labute approximate surface area is 115 Å². The number of nitrogens with one attached hydrogen (secondary N) is 1. The van der Waals surface area contributed by atoms with Crippen molar-refractivity contribution < 1.29 is 0 Å². The molecule has 1 aliphatic rings. The molecule has 18 heavy (non-hydrogen) atoms. The second-order valence-corrected chi connectivity index (χ2v) is 6.58. The highest BCUT2D eigenvalue weighted by molar-refractivity contribution is 4.80. The minimum absolute atomic E-state index is 0.808. The Morgan fingerprint density at radius 2 is 1.61 bits per heavy atom. The molecule has 0 amide bonds. The van der Waals surface area contributed by atoms with Crippen LogP contribution in [-0.2, 0) is 0 Å². The van der Waals surface area contributed by atoms with Crippen molar-refractivity contribution in [1.82, 2.24) is 5.32 Å². The van der Waals surface area contributed by atoms with Gasteiger partial charge in [0.1, 0.15) is 0 Å². The van der Waals surface area contributed by atoms with Crippen LogP contribution in [0.1, 0.15) is 79.1 Å². The predicted molar refractivity (Wildman–Crippen MR) is 81.9 cm³/mol. The van der Waals surface area contributed by atoms with Gasteiger partial charge in [0.2, 0.25) is 0 Å². The Kier molecular flexibility index (Phi) is 7.97. The zero-order valence-electron chi connectivity index (χ0n) is 13.2. The largest absolute Gasteiger partial charge is 0.314 e. The molecule has 3 unspecified atom stereocenters. The van der Waals surface area contributed by atoms with Gasteiger partial charge in [-0.2, -0.15) is 0 Å². The normalized spacial score (nSPS) is 25.7. The summed E-state index contributed by atoms with van der Waals surface area (Å²) in [5.74, 6) is 2.74. The maximum atomic E-state index is 3.74. The van der Waals surface area contributed by atoms with Crippen molar-refractivity contribution in [3.63, 3.8) is 0 Å². The van der Waals surface area contributed by atoms with Crippen LogP contribution in [0.4, 0.5) is 0 Å². The topological polar surface area (TPSA) is 12.0 Å². The van der Waals surface area contributed by atoms with Gasteiger partial charge in [0.25, 0.3) is 0 Å². The van der Waals surface area contributed by atoms with Crippen molar-refractivity contribution >= 4 is 0 Å². The number of hydrogen-bond acceptors (Lipinski definition) is 1. The highest BCUT2D eigenvalue weighted by Gasteiger charge is 2.26. The average Bonchev–Trinajstić information content (AvgIpc) is 2.37. The molecule has 0 saturated carbocycles. The first-order valence-corrected chi connectivity index (χ1v) is 8.42. The molecular formula is C17H35N. The Bertz CT molecular complexity index is 184. The van der Waals surface area contributed by atoms with E-state index in [2.05, 4.69) is 33.0 Å². The van der Waals surface area contributed by atoms with Gasteiger partial charge in [-0.1, -0.05) is 59.8 Å². The van der Waals surface area contributed by atoms with E-state index in [1.807, 2.05) is 0 Å². The fraction of sp³-hybridized carbons (Fsp3) is 1.00. The van der Waals surface area contributed by atoms with Gasteiger partial charge in [-0.05, 0) is 43.6 Å². The van der Waals surface area contributed by atoms with Crippen molar-refractivity contribution in [1.29, 1.82) is 0 Å². The highest BCUT2D eigenvalue weighted by atomic mass is 14.9. The summed E-state index contributed by atoms with van der Waals surface area (Å²) >= 11 is 0. The van der Waals surface area contributed by atoms with Crippen LogP contribution in [0, 0.1) is 17.8 Å². The van der Waals surface area contributed by atoms with Crippen LogP contribution in [0.5, 0.6) is 0 Å². The standard InChI is InChI=1S/C17H35N/c1-5-9-14(3)17(15(4)10-6-2)13-16-11-7-8-12-18-16/h14-18H,5-13H2,1-4H3. The number of piperidine rings is 1. The zero-order valence-corrected chi connectivity index (χ0v) is 13.2. The van der Waals surface area contributed by atoms with Crippen LogP contribution in [0.15, 0.2) is 0 Å².